The first-order valence-electron chi connectivity index (χ1n) is 9.57. The van der Waals surface area contributed by atoms with Crippen LogP contribution in [0.2, 0.25) is 0 Å². The summed E-state index contributed by atoms with van der Waals surface area (Å²) in [5.74, 6) is -1.03. The number of nitrogens with zero attached hydrogens (tertiary/aromatic N) is 2. The number of benzene rings is 2. The quantitative estimate of drug-likeness (QED) is 0.366. The van der Waals surface area contributed by atoms with Crippen LogP contribution in [-0.2, 0) is 4.79 Å². The Balaban J connectivity index is 1.59. The molecule has 1 unspecified atom stereocenters. The summed E-state index contributed by atoms with van der Waals surface area (Å²) in [4.78, 5) is 31.9. The Morgan fingerprint density at radius 1 is 1.03 bits per heavy atom. The summed E-state index contributed by atoms with van der Waals surface area (Å²) in [5, 5.41) is 25.1. The van der Waals surface area contributed by atoms with E-state index in [1.54, 1.807) is 54.9 Å². The van der Waals surface area contributed by atoms with Gasteiger partial charge in [-0.05, 0) is 23.8 Å². The Morgan fingerprint density at radius 3 is 2.45 bits per heavy atom. The molecule has 0 saturated carbocycles. The lowest BCUT2D eigenvalue weighted by Gasteiger charge is -2.18. The van der Waals surface area contributed by atoms with E-state index < -0.39 is 17.9 Å². The van der Waals surface area contributed by atoms with Crippen LogP contribution in [0.25, 0.3) is 0 Å². The number of anilines is 1. The van der Waals surface area contributed by atoms with Crippen molar-refractivity contribution in [2.24, 2.45) is 0 Å². The molecule has 0 aliphatic carbocycles. The maximum absolute atomic E-state index is 12.6. The zero-order chi connectivity index (χ0) is 22.1. The molecule has 9 heteroatoms. The fourth-order valence-electron chi connectivity index (χ4n) is 2.86. The zero-order valence-corrected chi connectivity index (χ0v) is 16.6. The molecule has 0 aliphatic heterocycles. The summed E-state index contributed by atoms with van der Waals surface area (Å²) in [5.41, 5.74) is 0.682. The number of ether oxygens (including phenoxy) is 1. The average Bonchev–Trinajstić information content (AvgIpc) is 2.77. The van der Waals surface area contributed by atoms with Gasteiger partial charge in [0.1, 0.15) is 18.1 Å². The molecular formula is C22H22N4O5. The van der Waals surface area contributed by atoms with E-state index >= 15 is 0 Å². The fraction of sp³-hybridized carbons (Fsp3) is 0.182. The van der Waals surface area contributed by atoms with E-state index in [0.29, 0.717) is 23.8 Å². The van der Waals surface area contributed by atoms with Gasteiger partial charge < -0.3 is 25.6 Å². The van der Waals surface area contributed by atoms with Gasteiger partial charge >= 0.3 is 5.97 Å². The molecule has 0 spiro atoms. The summed E-state index contributed by atoms with van der Waals surface area (Å²) in [7, 11) is 0. The van der Waals surface area contributed by atoms with Crippen LogP contribution in [0, 0.1) is 0 Å². The minimum atomic E-state index is -1.04. The number of phenols is 1. The Bertz CT molecular complexity index is 1010. The van der Waals surface area contributed by atoms with Crippen molar-refractivity contribution < 1.29 is 24.5 Å². The maximum Gasteiger partial charge on any atom is 0.305 e. The molecule has 3 aromatic rings. The highest BCUT2D eigenvalue weighted by molar-refractivity contribution is 5.97. The van der Waals surface area contributed by atoms with Crippen LogP contribution in [0.1, 0.15) is 28.4 Å². The topological polar surface area (TPSA) is 134 Å². The first-order chi connectivity index (χ1) is 15.0. The summed E-state index contributed by atoms with van der Waals surface area (Å²) >= 11 is 0. The number of carbonyl (C=O) groups excluding carboxylic acids is 1. The normalized spacial score (nSPS) is 11.4. The van der Waals surface area contributed by atoms with E-state index in [0.717, 1.165) is 0 Å². The van der Waals surface area contributed by atoms with Gasteiger partial charge in [0.05, 0.1) is 24.6 Å². The molecule has 0 radical (unpaired) electrons. The molecule has 0 aliphatic rings. The van der Waals surface area contributed by atoms with Crippen LogP contribution in [-0.4, -0.2) is 45.2 Å². The third-order valence-corrected chi connectivity index (χ3v) is 4.32. The molecule has 1 amide bonds. The number of nitrogens with one attached hydrogen (secondary N) is 2. The molecule has 1 atom stereocenters. The minimum absolute atomic E-state index is 0.0227. The Hall–Kier alpha value is -4.14. The number of carboxylic acids is 1. The van der Waals surface area contributed by atoms with Gasteiger partial charge in [-0.1, -0.05) is 30.3 Å². The van der Waals surface area contributed by atoms with Gasteiger partial charge in [-0.15, -0.1) is 0 Å². The number of carboxylic acid groups (broad SMARTS) is 1. The van der Waals surface area contributed by atoms with Crippen LogP contribution >= 0.6 is 0 Å². The van der Waals surface area contributed by atoms with E-state index in [1.807, 2.05) is 0 Å². The SMILES string of the molecule is O=C(O)CC(NC(=O)c1ccc(OCCNc2ncccn2)cc1O)c1ccccc1. The summed E-state index contributed by atoms with van der Waals surface area (Å²) in [6, 6.07) is 14.1. The van der Waals surface area contributed by atoms with Crippen molar-refractivity contribution in [1.82, 2.24) is 15.3 Å². The molecule has 0 fully saturated rings. The lowest BCUT2D eigenvalue weighted by molar-refractivity contribution is -0.137. The van der Waals surface area contributed by atoms with E-state index in [-0.39, 0.29) is 24.3 Å². The van der Waals surface area contributed by atoms with Gasteiger partial charge in [-0.2, -0.15) is 0 Å². The number of amides is 1. The predicted octanol–water partition coefficient (Wildman–Crippen LogP) is 2.62. The fourth-order valence-corrected chi connectivity index (χ4v) is 2.86. The van der Waals surface area contributed by atoms with Gasteiger partial charge in [-0.3, -0.25) is 9.59 Å². The van der Waals surface area contributed by atoms with Gasteiger partial charge in [0.2, 0.25) is 5.95 Å². The third-order valence-electron chi connectivity index (χ3n) is 4.32. The maximum atomic E-state index is 12.6. The highest BCUT2D eigenvalue weighted by atomic mass is 16.5. The van der Waals surface area contributed by atoms with Crippen molar-refractivity contribution >= 4 is 17.8 Å². The van der Waals surface area contributed by atoms with Gasteiger partial charge in [-0.25, -0.2) is 9.97 Å². The number of phenolic OH excluding ortho intramolecular Hbond substituents is 1. The Labute approximate surface area is 178 Å². The molecule has 4 N–H and O–H groups in total. The summed E-state index contributed by atoms with van der Waals surface area (Å²) in [6.07, 6.45) is 2.96. The van der Waals surface area contributed by atoms with Crippen LogP contribution in [0.5, 0.6) is 11.5 Å². The highest BCUT2D eigenvalue weighted by Crippen LogP contribution is 2.25. The summed E-state index contributed by atoms with van der Waals surface area (Å²) < 4.78 is 5.56. The number of rotatable bonds is 10. The summed E-state index contributed by atoms with van der Waals surface area (Å²) in [6.45, 7) is 0.735. The van der Waals surface area contributed by atoms with E-state index in [4.69, 9.17) is 9.84 Å². The predicted molar refractivity (Wildman–Crippen MR) is 113 cm³/mol. The van der Waals surface area contributed by atoms with E-state index in [1.165, 1.54) is 12.1 Å². The van der Waals surface area contributed by atoms with Crippen LogP contribution in [0.3, 0.4) is 0 Å². The van der Waals surface area contributed by atoms with Crippen LogP contribution in [0.4, 0.5) is 5.95 Å². The number of aromatic nitrogens is 2. The molecule has 160 valence electrons. The molecular weight excluding hydrogens is 400 g/mol. The number of hydrogen-bond donors (Lipinski definition) is 4. The van der Waals surface area contributed by atoms with Gasteiger partial charge in [0, 0.05) is 18.5 Å². The second kappa shape index (κ2) is 10.6. The lowest BCUT2D eigenvalue weighted by atomic mass is 10.0. The highest BCUT2D eigenvalue weighted by Gasteiger charge is 2.20. The lowest BCUT2D eigenvalue weighted by Crippen LogP contribution is -2.30. The minimum Gasteiger partial charge on any atom is -0.507 e. The van der Waals surface area contributed by atoms with Crippen molar-refractivity contribution in [1.29, 1.82) is 0 Å². The third kappa shape index (κ3) is 6.43. The average molecular weight is 422 g/mol. The number of aliphatic carboxylic acids is 1. The largest absolute Gasteiger partial charge is 0.507 e. The Morgan fingerprint density at radius 2 is 1.77 bits per heavy atom. The molecule has 2 aromatic carbocycles. The van der Waals surface area contributed by atoms with Crippen molar-refractivity contribution in [3.63, 3.8) is 0 Å². The van der Waals surface area contributed by atoms with E-state index in [2.05, 4.69) is 20.6 Å². The number of aromatic hydroxyl groups is 1. The van der Waals surface area contributed by atoms with Crippen LogP contribution in [0.15, 0.2) is 67.0 Å². The standard InChI is InChI=1S/C22H22N4O5/c27-19-13-16(31-12-11-25-22-23-9-4-10-24-22)7-8-17(19)21(30)26-18(14-20(28)29)15-5-2-1-3-6-15/h1-10,13,18,27H,11-12,14H2,(H,26,30)(H,28,29)(H,23,24,25). The van der Waals surface area contributed by atoms with Crippen molar-refractivity contribution in [2.75, 3.05) is 18.5 Å². The molecule has 9 nitrogen and oxygen atoms in total. The first kappa shape index (κ1) is 21.6. The smallest absolute Gasteiger partial charge is 0.305 e. The second-order valence-electron chi connectivity index (χ2n) is 6.56. The molecule has 31 heavy (non-hydrogen) atoms. The van der Waals surface area contributed by atoms with Gasteiger partial charge in [0.25, 0.3) is 5.91 Å². The monoisotopic (exact) mass is 422 g/mol. The van der Waals surface area contributed by atoms with Crippen molar-refractivity contribution in [2.45, 2.75) is 12.5 Å². The van der Waals surface area contributed by atoms with Crippen molar-refractivity contribution in [3.8, 4) is 11.5 Å². The number of carbonyl (C=O) groups is 2. The molecule has 0 bridgehead atoms. The van der Waals surface area contributed by atoms with Gasteiger partial charge in [0.15, 0.2) is 0 Å². The molecule has 0 saturated heterocycles. The molecule has 3 rings (SSSR count). The number of hydrogen-bond acceptors (Lipinski definition) is 7. The Kier molecular flexibility index (Phi) is 7.36. The van der Waals surface area contributed by atoms with E-state index in [9.17, 15) is 14.7 Å². The van der Waals surface area contributed by atoms with Crippen molar-refractivity contribution in [3.05, 3.63) is 78.1 Å². The zero-order valence-electron chi connectivity index (χ0n) is 16.6. The van der Waals surface area contributed by atoms with Crippen LogP contribution < -0.4 is 15.4 Å². The first-order valence-corrected chi connectivity index (χ1v) is 9.57. The second-order valence-corrected chi connectivity index (χ2v) is 6.56. The molecule has 1 heterocycles. The molecule has 1 aromatic heterocycles.